The standard InChI is InChI=1S/C32H58N5O4P/c1-3-4-5-6-7-8-9-10-11-12-13-14-15-16-17-18-19-20-25-40-42(38)41-27-32(26-33,39-2)24-23-29-21-22-30-31(34)35-28-36-37(29)30/h21-22,36,38H,3-20,23-25,27-28H2,1-2H3,(H2,34,35). The summed E-state index contributed by atoms with van der Waals surface area (Å²) < 4.78 is 18.4. The molecule has 0 bridgehead atoms. The smallest absolute Gasteiger partial charge is 0.329 e. The first-order chi connectivity index (χ1) is 20.5. The van der Waals surface area contributed by atoms with Gasteiger partial charge >= 0.3 is 8.60 Å². The van der Waals surface area contributed by atoms with Crippen LogP contribution in [-0.2, 0) is 20.2 Å². The first-order valence-corrected chi connectivity index (χ1v) is 17.6. The average Bonchev–Trinajstić information content (AvgIpc) is 3.43. The van der Waals surface area contributed by atoms with E-state index in [0.717, 1.165) is 24.2 Å². The average molecular weight is 608 g/mol. The Balaban J connectivity index is 1.43. The third-order valence-electron chi connectivity index (χ3n) is 8.19. The number of hydrogen-bond acceptors (Lipinski definition) is 8. The minimum Gasteiger partial charge on any atom is -0.382 e. The number of nitrogens with one attached hydrogen (secondary N) is 1. The summed E-state index contributed by atoms with van der Waals surface area (Å²) in [5.74, 6) is 0.486. The lowest BCUT2D eigenvalue weighted by molar-refractivity contribution is -0.0108. The largest absolute Gasteiger partial charge is 0.382 e. The highest BCUT2D eigenvalue weighted by atomic mass is 31.2. The van der Waals surface area contributed by atoms with Crippen LogP contribution in [-0.4, -0.2) is 48.0 Å². The second kappa shape index (κ2) is 22.8. The molecule has 0 saturated carbocycles. The van der Waals surface area contributed by atoms with Crippen molar-refractivity contribution in [2.75, 3.05) is 32.4 Å². The molecular weight excluding hydrogens is 549 g/mol. The van der Waals surface area contributed by atoms with Crippen LogP contribution in [0.25, 0.3) is 0 Å². The molecule has 42 heavy (non-hydrogen) atoms. The number of unbranched alkanes of at least 4 members (excludes halogenated alkanes) is 17. The van der Waals surface area contributed by atoms with E-state index in [-0.39, 0.29) is 6.61 Å². The van der Waals surface area contributed by atoms with Crippen LogP contribution in [0.4, 0.5) is 0 Å². The minimum absolute atomic E-state index is 0.0636. The fraction of sp³-hybridized carbons (Fsp3) is 0.812. The normalized spacial score (nSPS) is 15.0. The summed E-state index contributed by atoms with van der Waals surface area (Å²) in [5.41, 5.74) is 9.71. The van der Waals surface area contributed by atoms with Crippen molar-refractivity contribution in [1.29, 1.82) is 5.26 Å². The minimum atomic E-state index is -2.05. The number of nitrogens with zero attached hydrogens (tertiary/aromatic N) is 3. The van der Waals surface area contributed by atoms with Crippen LogP contribution in [0.2, 0.25) is 0 Å². The maximum atomic E-state index is 10.2. The highest BCUT2D eigenvalue weighted by molar-refractivity contribution is 7.40. The topological polar surface area (TPSA) is 127 Å². The van der Waals surface area contributed by atoms with Gasteiger partial charge in [0, 0.05) is 12.8 Å². The molecule has 1 aliphatic heterocycles. The number of rotatable bonds is 27. The van der Waals surface area contributed by atoms with Crippen LogP contribution in [0, 0.1) is 11.3 Å². The second-order valence-corrected chi connectivity index (χ2v) is 12.6. The van der Waals surface area contributed by atoms with E-state index in [2.05, 4.69) is 23.4 Å². The molecule has 1 aliphatic rings. The number of methoxy groups -OCH3 is 1. The molecule has 240 valence electrons. The summed E-state index contributed by atoms with van der Waals surface area (Å²) in [5, 5.41) is 9.81. The molecule has 4 N–H and O–H groups in total. The zero-order chi connectivity index (χ0) is 30.3. The number of aliphatic imine (C=N–C) groups is 1. The van der Waals surface area contributed by atoms with E-state index >= 15 is 0 Å². The summed E-state index contributed by atoms with van der Waals surface area (Å²) in [6.45, 7) is 3.08. The number of aryl methyl sites for hydroxylation is 1. The maximum Gasteiger partial charge on any atom is 0.329 e. The molecule has 1 aromatic rings. The Morgan fingerprint density at radius 2 is 1.48 bits per heavy atom. The predicted octanol–water partition coefficient (Wildman–Crippen LogP) is 7.84. The first-order valence-electron chi connectivity index (χ1n) is 16.5. The maximum absolute atomic E-state index is 10.2. The molecule has 2 heterocycles. The summed E-state index contributed by atoms with van der Waals surface area (Å²) in [4.78, 5) is 14.4. The summed E-state index contributed by atoms with van der Waals surface area (Å²) in [6.07, 6.45) is 24.9. The lowest BCUT2D eigenvalue weighted by Gasteiger charge is -2.26. The van der Waals surface area contributed by atoms with Gasteiger partial charge in [-0.25, -0.2) is 4.99 Å². The van der Waals surface area contributed by atoms with Crippen LogP contribution in [0.1, 0.15) is 140 Å². The Kier molecular flexibility index (Phi) is 19.8. The van der Waals surface area contributed by atoms with Gasteiger partial charge in [-0.15, -0.1) is 0 Å². The monoisotopic (exact) mass is 607 g/mol. The van der Waals surface area contributed by atoms with Gasteiger partial charge in [0.05, 0.1) is 13.2 Å². The lowest BCUT2D eigenvalue weighted by atomic mass is 9.99. The van der Waals surface area contributed by atoms with E-state index in [0.29, 0.717) is 32.0 Å². The molecule has 0 saturated heterocycles. The van der Waals surface area contributed by atoms with Crippen molar-refractivity contribution in [3.05, 3.63) is 23.5 Å². The molecule has 2 unspecified atom stereocenters. The SMILES string of the molecule is CCCCCCCCCCCCCCCCCCCCOP(O)OCC(C#N)(CCc1ccc2n1NCN=C2N)OC. The van der Waals surface area contributed by atoms with Crippen molar-refractivity contribution in [3.8, 4) is 6.07 Å². The molecule has 0 aromatic carbocycles. The Morgan fingerprint density at radius 3 is 2.00 bits per heavy atom. The van der Waals surface area contributed by atoms with Gasteiger partial charge in [0.25, 0.3) is 0 Å². The van der Waals surface area contributed by atoms with Gasteiger partial charge in [-0.05, 0) is 31.4 Å². The Bertz CT molecular complexity index is 906. The molecule has 0 spiro atoms. The molecule has 2 rings (SSSR count). The summed E-state index contributed by atoms with van der Waals surface area (Å²) >= 11 is 0. The quantitative estimate of drug-likeness (QED) is 0.0687. The molecule has 0 amide bonds. The number of ether oxygens (including phenoxy) is 1. The molecule has 0 radical (unpaired) electrons. The molecule has 0 fully saturated rings. The van der Waals surface area contributed by atoms with Crippen LogP contribution in [0.3, 0.4) is 0 Å². The molecule has 0 aliphatic carbocycles. The second-order valence-electron chi connectivity index (χ2n) is 11.6. The number of amidine groups is 1. The number of fused-ring (bicyclic) bond motifs is 1. The van der Waals surface area contributed by atoms with Crippen LogP contribution < -0.4 is 11.2 Å². The van der Waals surface area contributed by atoms with E-state index in [1.165, 1.54) is 110 Å². The number of hydrogen-bond donors (Lipinski definition) is 3. The van der Waals surface area contributed by atoms with Crippen molar-refractivity contribution in [2.45, 2.75) is 141 Å². The van der Waals surface area contributed by atoms with Gasteiger partial charge in [-0.3, -0.25) is 4.68 Å². The summed E-state index contributed by atoms with van der Waals surface area (Å²) in [7, 11) is -0.564. The van der Waals surface area contributed by atoms with Gasteiger partial charge in [-0.2, -0.15) is 5.26 Å². The van der Waals surface area contributed by atoms with Crippen LogP contribution in [0.5, 0.6) is 0 Å². The fourth-order valence-electron chi connectivity index (χ4n) is 5.37. The Hall–Kier alpha value is -1.69. The van der Waals surface area contributed by atoms with Crippen molar-refractivity contribution in [2.24, 2.45) is 10.7 Å². The van der Waals surface area contributed by atoms with Crippen molar-refractivity contribution in [1.82, 2.24) is 4.68 Å². The predicted molar refractivity (Wildman–Crippen MR) is 173 cm³/mol. The van der Waals surface area contributed by atoms with Crippen LogP contribution in [0.15, 0.2) is 17.1 Å². The first kappa shape index (κ1) is 36.5. The highest BCUT2D eigenvalue weighted by Gasteiger charge is 2.32. The molecule has 2 atom stereocenters. The van der Waals surface area contributed by atoms with Gasteiger partial charge in [0.2, 0.25) is 0 Å². The van der Waals surface area contributed by atoms with Gasteiger partial charge in [0.15, 0.2) is 5.60 Å². The van der Waals surface area contributed by atoms with E-state index in [4.69, 9.17) is 19.5 Å². The van der Waals surface area contributed by atoms with E-state index in [9.17, 15) is 10.2 Å². The van der Waals surface area contributed by atoms with Gasteiger partial charge < -0.3 is 29.8 Å². The van der Waals surface area contributed by atoms with Crippen molar-refractivity contribution in [3.63, 3.8) is 0 Å². The van der Waals surface area contributed by atoms with E-state index in [1.807, 2.05) is 16.8 Å². The Morgan fingerprint density at radius 1 is 0.929 bits per heavy atom. The van der Waals surface area contributed by atoms with Crippen molar-refractivity contribution >= 4 is 14.4 Å². The van der Waals surface area contributed by atoms with Gasteiger partial charge in [0.1, 0.15) is 24.3 Å². The zero-order valence-electron chi connectivity index (χ0n) is 26.5. The van der Waals surface area contributed by atoms with E-state index < -0.39 is 14.2 Å². The third-order valence-corrected chi connectivity index (χ3v) is 8.94. The summed E-state index contributed by atoms with van der Waals surface area (Å²) in [6, 6.07) is 6.07. The zero-order valence-corrected chi connectivity index (χ0v) is 27.4. The van der Waals surface area contributed by atoms with Crippen molar-refractivity contribution < 1.29 is 18.7 Å². The van der Waals surface area contributed by atoms with Crippen LogP contribution >= 0.6 is 8.60 Å². The van der Waals surface area contributed by atoms with Gasteiger partial charge in [-0.1, -0.05) is 116 Å². The number of nitrogens with two attached hydrogens (primary N) is 1. The van der Waals surface area contributed by atoms with E-state index in [1.54, 1.807) is 0 Å². The Labute approximate surface area is 256 Å². The fourth-order valence-corrected chi connectivity index (χ4v) is 6.05. The highest BCUT2D eigenvalue weighted by Crippen LogP contribution is 2.35. The molecule has 1 aromatic heterocycles. The molecule has 9 nitrogen and oxygen atoms in total. The lowest BCUT2D eigenvalue weighted by Crippen LogP contribution is -2.36. The third kappa shape index (κ3) is 14.7. The number of aromatic nitrogens is 1. The molecular formula is C32H58N5O4P. The molecule has 10 heteroatoms. The number of nitriles is 1.